The molecule has 0 fully saturated rings. The minimum Gasteiger partial charge on any atom is -0.493 e. The van der Waals surface area contributed by atoms with Crippen molar-refractivity contribution in [2.45, 2.75) is 19.3 Å². The zero-order valence-corrected chi connectivity index (χ0v) is 21.7. The first kappa shape index (κ1) is 28.1. The molecule has 0 aromatic heterocycles. The van der Waals surface area contributed by atoms with Gasteiger partial charge in [-0.25, -0.2) is 8.42 Å². The summed E-state index contributed by atoms with van der Waals surface area (Å²) < 4.78 is 75.7. The summed E-state index contributed by atoms with van der Waals surface area (Å²) >= 11 is 6.06. The van der Waals surface area contributed by atoms with Crippen LogP contribution >= 0.6 is 11.6 Å². The van der Waals surface area contributed by atoms with E-state index in [1.807, 2.05) is 0 Å². The zero-order chi connectivity index (χ0) is 27.4. The van der Waals surface area contributed by atoms with Crippen LogP contribution in [0.5, 0.6) is 11.5 Å². The normalized spacial score (nSPS) is 11.6. The maximum atomic E-state index is 13.2. The molecule has 0 radical (unpaired) electrons. The van der Waals surface area contributed by atoms with Crippen molar-refractivity contribution in [3.63, 3.8) is 0 Å². The van der Waals surface area contributed by atoms with Crippen molar-refractivity contribution in [1.29, 1.82) is 0 Å². The molecule has 1 N–H and O–H groups in total. The van der Waals surface area contributed by atoms with E-state index in [1.54, 1.807) is 18.2 Å². The summed E-state index contributed by atoms with van der Waals surface area (Å²) in [6.45, 7) is -0.0652. The molecule has 198 valence electrons. The van der Waals surface area contributed by atoms with E-state index in [0.717, 1.165) is 28.3 Å². The Morgan fingerprint density at radius 3 is 2.14 bits per heavy atom. The van der Waals surface area contributed by atoms with Crippen LogP contribution in [0, 0.1) is 0 Å². The van der Waals surface area contributed by atoms with Gasteiger partial charge in [-0.15, -0.1) is 0 Å². The van der Waals surface area contributed by atoms with Crippen LogP contribution in [0.1, 0.15) is 27.0 Å². The van der Waals surface area contributed by atoms with Gasteiger partial charge in [0.2, 0.25) is 10.0 Å². The fourth-order valence-corrected chi connectivity index (χ4v) is 4.63. The van der Waals surface area contributed by atoms with Crippen LogP contribution < -0.4 is 19.1 Å². The number of nitrogens with one attached hydrogen (secondary N) is 1. The Hall–Kier alpha value is -3.44. The molecule has 37 heavy (non-hydrogen) atoms. The molecule has 0 aliphatic rings. The van der Waals surface area contributed by atoms with Gasteiger partial charge in [-0.1, -0.05) is 29.8 Å². The Bertz CT molecular complexity index is 1380. The first-order valence-corrected chi connectivity index (χ1v) is 13.0. The van der Waals surface area contributed by atoms with Crippen molar-refractivity contribution >= 4 is 33.2 Å². The van der Waals surface area contributed by atoms with Gasteiger partial charge in [0.25, 0.3) is 5.91 Å². The fraction of sp³-hybridized carbons (Fsp3) is 0.240. The van der Waals surface area contributed by atoms with E-state index in [4.69, 9.17) is 21.1 Å². The van der Waals surface area contributed by atoms with Crippen molar-refractivity contribution in [2.75, 3.05) is 24.8 Å². The Labute approximate surface area is 217 Å². The highest BCUT2D eigenvalue weighted by Gasteiger charge is 2.32. The minimum absolute atomic E-state index is 0.149. The molecule has 1 amide bonds. The molecular formula is C25H24ClF3N2O5S. The van der Waals surface area contributed by atoms with Crippen molar-refractivity contribution in [1.82, 2.24) is 5.32 Å². The molecule has 3 aromatic rings. The number of anilines is 1. The second-order valence-electron chi connectivity index (χ2n) is 8.00. The predicted molar refractivity (Wildman–Crippen MR) is 135 cm³/mol. The van der Waals surface area contributed by atoms with E-state index >= 15 is 0 Å². The summed E-state index contributed by atoms with van der Waals surface area (Å²) in [4.78, 5) is 12.6. The highest BCUT2D eigenvalue weighted by molar-refractivity contribution is 7.92. The summed E-state index contributed by atoms with van der Waals surface area (Å²) in [5, 5.41) is 2.63. The first-order valence-electron chi connectivity index (χ1n) is 10.8. The third-order valence-electron chi connectivity index (χ3n) is 5.39. The number of alkyl halides is 3. The molecule has 0 saturated heterocycles. The van der Waals surface area contributed by atoms with Gasteiger partial charge >= 0.3 is 6.18 Å². The van der Waals surface area contributed by atoms with Gasteiger partial charge in [0.05, 0.1) is 43.3 Å². The Morgan fingerprint density at radius 1 is 0.946 bits per heavy atom. The van der Waals surface area contributed by atoms with Crippen molar-refractivity contribution in [3.8, 4) is 11.5 Å². The topological polar surface area (TPSA) is 84.9 Å². The number of rotatable bonds is 9. The molecule has 0 atom stereocenters. The number of carbonyl (C=O) groups excluding carboxylic acids is 1. The number of carbonyl (C=O) groups is 1. The number of nitrogens with zero attached hydrogens (tertiary/aromatic N) is 1. The monoisotopic (exact) mass is 556 g/mol. The van der Waals surface area contributed by atoms with E-state index in [1.165, 1.54) is 38.5 Å². The number of hydrogen-bond donors (Lipinski definition) is 1. The molecule has 3 aromatic carbocycles. The zero-order valence-electron chi connectivity index (χ0n) is 20.1. The lowest BCUT2D eigenvalue weighted by molar-refractivity contribution is -0.137. The minimum atomic E-state index is -4.67. The Kier molecular flexibility index (Phi) is 8.60. The number of benzene rings is 3. The molecule has 0 spiro atoms. The van der Waals surface area contributed by atoms with Crippen LogP contribution in [0.4, 0.5) is 18.9 Å². The van der Waals surface area contributed by atoms with Crippen molar-refractivity contribution < 1.29 is 35.9 Å². The highest BCUT2D eigenvalue weighted by atomic mass is 35.5. The van der Waals surface area contributed by atoms with Gasteiger partial charge in [0.15, 0.2) is 11.5 Å². The number of sulfonamides is 1. The number of halogens is 4. The van der Waals surface area contributed by atoms with Gasteiger partial charge in [0, 0.05) is 12.1 Å². The molecule has 0 heterocycles. The van der Waals surface area contributed by atoms with Gasteiger partial charge in [0.1, 0.15) is 0 Å². The average molecular weight is 557 g/mol. The predicted octanol–water partition coefficient (Wildman–Crippen LogP) is 5.27. The van der Waals surface area contributed by atoms with E-state index in [0.29, 0.717) is 28.7 Å². The van der Waals surface area contributed by atoms with E-state index in [-0.39, 0.29) is 29.7 Å². The molecule has 0 unspecified atom stereocenters. The van der Waals surface area contributed by atoms with E-state index in [9.17, 15) is 26.4 Å². The van der Waals surface area contributed by atoms with Crippen LogP contribution in [0.25, 0.3) is 0 Å². The van der Waals surface area contributed by atoms with Crippen molar-refractivity contribution in [3.05, 3.63) is 87.9 Å². The van der Waals surface area contributed by atoms with Gasteiger partial charge in [-0.2, -0.15) is 13.2 Å². The molecular weight excluding hydrogens is 533 g/mol. The second kappa shape index (κ2) is 11.3. The second-order valence-corrected chi connectivity index (χ2v) is 10.3. The lowest BCUT2D eigenvalue weighted by atomic mass is 10.1. The maximum absolute atomic E-state index is 13.2. The quantitative estimate of drug-likeness (QED) is 0.388. The molecule has 12 heteroatoms. The first-order chi connectivity index (χ1) is 17.3. The summed E-state index contributed by atoms with van der Waals surface area (Å²) in [6, 6.07) is 13.7. The number of amides is 1. The highest BCUT2D eigenvalue weighted by Crippen LogP contribution is 2.37. The number of methoxy groups -OCH3 is 2. The van der Waals surface area contributed by atoms with Crippen molar-refractivity contribution in [2.24, 2.45) is 0 Å². The van der Waals surface area contributed by atoms with Crippen LogP contribution in [-0.2, 0) is 29.3 Å². The van der Waals surface area contributed by atoms with Gasteiger partial charge < -0.3 is 14.8 Å². The fourth-order valence-electron chi connectivity index (χ4n) is 3.46. The number of hydrogen-bond acceptors (Lipinski definition) is 5. The lowest BCUT2D eigenvalue weighted by Crippen LogP contribution is -2.30. The summed E-state index contributed by atoms with van der Waals surface area (Å²) in [6.07, 6.45) is -3.80. The SMILES string of the molecule is COc1ccc(CNC(=O)c2ccc(CN(c3cc(C(F)(F)F)ccc3Cl)S(C)(=O)=O)cc2)cc1OC. The van der Waals surface area contributed by atoms with Crippen LogP contribution in [0.3, 0.4) is 0 Å². The summed E-state index contributed by atoms with van der Waals surface area (Å²) in [5.41, 5.74) is 0.213. The summed E-state index contributed by atoms with van der Waals surface area (Å²) in [5.74, 6) is 0.708. The molecule has 7 nitrogen and oxygen atoms in total. The Balaban J connectivity index is 1.76. The van der Waals surface area contributed by atoms with Gasteiger partial charge in [-0.05, 0) is 53.6 Å². The third-order valence-corrected chi connectivity index (χ3v) is 6.83. The standard InChI is InChI=1S/C25H24ClF3N2O5S/c1-35-22-11-6-17(12-23(22)36-2)14-30-24(32)18-7-4-16(5-8-18)15-31(37(3,33)34)21-13-19(25(27,28)29)9-10-20(21)26/h4-13H,14-15H2,1-3H3,(H,30,32). The maximum Gasteiger partial charge on any atom is 0.416 e. The van der Waals surface area contributed by atoms with Crippen LogP contribution in [0.2, 0.25) is 5.02 Å². The largest absolute Gasteiger partial charge is 0.493 e. The van der Waals surface area contributed by atoms with Crippen LogP contribution in [-0.4, -0.2) is 34.8 Å². The molecule has 0 bridgehead atoms. The summed E-state index contributed by atoms with van der Waals surface area (Å²) in [7, 11) is -0.967. The smallest absolute Gasteiger partial charge is 0.416 e. The third kappa shape index (κ3) is 7.07. The Morgan fingerprint density at radius 2 is 1.57 bits per heavy atom. The molecule has 0 aliphatic carbocycles. The average Bonchev–Trinajstić information content (AvgIpc) is 2.85. The van der Waals surface area contributed by atoms with Gasteiger partial charge in [-0.3, -0.25) is 9.10 Å². The van der Waals surface area contributed by atoms with Crippen LogP contribution in [0.15, 0.2) is 60.7 Å². The lowest BCUT2D eigenvalue weighted by Gasteiger charge is -2.24. The molecule has 0 saturated carbocycles. The van der Waals surface area contributed by atoms with E-state index in [2.05, 4.69) is 5.32 Å². The van der Waals surface area contributed by atoms with E-state index < -0.39 is 21.8 Å². The molecule has 0 aliphatic heterocycles. The molecule has 3 rings (SSSR count). The number of ether oxygens (including phenoxy) is 2.